The molecule has 1 saturated heterocycles. The highest BCUT2D eigenvalue weighted by molar-refractivity contribution is 7.91. The summed E-state index contributed by atoms with van der Waals surface area (Å²) in [4.78, 5) is 13.8. The zero-order valence-electron chi connectivity index (χ0n) is 11.9. The maximum atomic E-state index is 12.0. The fraction of sp³-hybridized carbons (Fsp3) is 0.917. The summed E-state index contributed by atoms with van der Waals surface area (Å²) in [6.45, 7) is 7.96. The molecule has 7 heteroatoms. The molecule has 1 heterocycles. The monoisotopic (exact) mass is 312 g/mol. The predicted molar refractivity (Wildman–Crippen MR) is 79.4 cm³/mol. The molecular formula is C12H25ClN2O3S. The van der Waals surface area contributed by atoms with E-state index in [1.165, 1.54) is 0 Å². The van der Waals surface area contributed by atoms with Crippen molar-refractivity contribution in [3.63, 3.8) is 0 Å². The van der Waals surface area contributed by atoms with E-state index in [2.05, 4.69) is 5.32 Å². The van der Waals surface area contributed by atoms with E-state index in [1.807, 2.05) is 20.8 Å². The normalized spacial score (nSPS) is 20.2. The summed E-state index contributed by atoms with van der Waals surface area (Å²) < 4.78 is 23.5. The number of nitrogens with one attached hydrogen (secondary N) is 1. The smallest absolute Gasteiger partial charge is 0.223 e. The van der Waals surface area contributed by atoms with Gasteiger partial charge in [0.2, 0.25) is 5.91 Å². The molecule has 0 radical (unpaired) electrons. The van der Waals surface area contributed by atoms with Crippen molar-refractivity contribution in [2.45, 2.75) is 33.2 Å². The molecule has 0 aliphatic carbocycles. The van der Waals surface area contributed by atoms with Crippen molar-refractivity contribution in [1.82, 2.24) is 10.2 Å². The number of carbonyl (C=O) groups is 1. The van der Waals surface area contributed by atoms with Crippen LogP contribution < -0.4 is 5.32 Å². The Hall–Kier alpha value is -0.330. The van der Waals surface area contributed by atoms with E-state index in [1.54, 1.807) is 4.90 Å². The Morgan fingerprint density at radius 3 is 2.58 bits per heavy atom. The lowest BCUT2D eigenvalue weighted by atomic mass is 10.2. The summed E-state index contributed by atoms with van der Waals surface area (Å²) in [5.74, 6) is 0.206. The molecule has 0 saturated carbocycles. The maximum Gasteiger partial charge on any atom is 0.223 e. The van der Waals surface area contributed by atoms with Crippen molar-refractivity contribution in [3.05, 3.63) is 0 Å². The van der Waals surface area contributed by atoms with Gasteiger partial charge in [-0.3, -0.25) is 4.79 Å². The molecule has 1 atom stereocenters. The van der Waals surface area contributed by atoms with Crippen molar-refractivity contribution >= 4 is 28.2 Å². The topological polar surface area (TPSA) is 66.5 Å². The van der Waals surface area contributed by atoms with Crippen LogP contribution in [0.3, 0.4) is 0 Å². The molecule has 1 rings (SSSR count). The van der Waals surface area contributed by atoms with E-state index in [9.17, 15) is 13.2 Å². The first-order valence-corrected chi connectivity index (χ1v) is 8.34. The van der Waals surface area contributed by atoms with Crippen molar-refractivity contribution in [2.75, 3.05) is 31.1 Å². The number of carbonyl (C=O) groups excluding carboxylic acids is 1. The average molecular weight is 313 g/mol. The van der Waals surface area contributed by atoms with E-state index >= 15 is 0 Å². The third kappa shape index (κ3) is 6.58. The third-order valence-corrected chi connectivity index (χ3v) is 5.04. The van der Waals surface area contributed by atoms with Crippen molar-refractivity contribution < 1.29 is 13.2 Å². The molecule has 1 amide bonds. The van der Waals surface area contributed by atoms with Gasteiger partial charge in [-0.05, 0) is 12.8 Å². The van der Waals surface area contributed by atoms with E-state index in [0.717, 1.165) is 13.1 Å². The molecular weight excluding hydrogens is 288 g/mol. The van der Waals surface area contributed by atoms with Crippen LogP contribution in [0.25, 0.3) is 0 Å². The van der Waals surface area contributed by atoms with Gasteiger partial charge in [-0.25, -0.2) is 8.42 Å². The van der Waals surface area contributed by atoms with Gasteiger partial charge in [0, 0.05) is 32.1 Å². The number of hydrogen-bond acceptors (Lipinski definition) is 4. The third-order valence-electron chi connectivity index (χ3n) is 3.04. The lowest BCUT2D eigenvalue weighted by molar-refractivity contribution is -0.133. The number of halogens is 1. The summed E-state index contributed by atoms with van der Waals surface area (Å²) in [7, 11) is -3.10. The molecule has 0 spiro atoms. The second-order valence-corrected chi connectivity index (χ2v) is 7.63. The Morgan fingerprint density at radius 1 is 1.42 bits per heavy atom. The van der Waals surface area contributed by atoms with Gasteiger partial charge in [-0.2, -0.15) is 0 Å². The van der Waals surface area contributed by atoms with Crippen LogP contribution in [0.4, 0.5) is 0 Å². The SMILES string of the molecule is CC(C)CS(=O)(=O)CCC(=O)N1CCNC[C@@H]1C.Cl. The van der Waals surface area contributed by atoms with Crippen LogP contribution in [0, 0.1) is 5.92 Å². The molecule has 1 aliphatic rings. The standard InChI is InChI=1S/C12H24N2O3S.ClH/c1-10(2)9-18(16,17)7-4-12(15)14-6-5-13-8-11(14)3;/h10-11,13H,4-9H2,1-3H3;1H/t11-;/m0./s1. The van der Waals surface area contributed by atoms with Crippen molar-refractivity contribution in [3.8, 4) is 0 Å². The highest BCUT2D eigenvalue weighted by Crippen LogP contribution is 2.08. The van der Waals surface area contributed by atoms with Crippen LogP contribution >= 0.6 is 12.4 Å². The number of nitrogens with zero attached hydrogens (tertiary/aromatic N) is 1. The van der Waals surface area contributed by atoms with Crippen LogP contribution in [0.5, 0.6) is 0 Å². The van der Waals surface area contributed by atoms with E-state index in [0.29, 0.717) is 6.54 Å². The molecule has 0 bridgehead atoms. The Kier molecular flexibility index (Phi) is 7.93. The molecule has 0 aromatic carbocycles. The minimum Gasteiger partial charge on any atom is -0.337 e. The first-order chi connectivity index (χ1) is 8.32. The van der Waals surface area contributed by atoms with Gasteiger partial charge >= 0.3 is 0 Å². The van der Waals surface area contributed by atoms with Gasteiger partial charge in [0.05, 0.1) is 11.5 Å². The Bertz CT molecular complexity index is 384. The molecule has 0 aromatic rings. The van der Waals surface area contributed by atoms with Gasteiger partial charge in [0.1, 0.15) is 0 Å². The van der Waals surface area contributed by atoms with Gasteiger partial charge in [-0.15, -0.1) is 12.4 Å². The van der Waals surface area contributed by atoms with Crippen LogP contribution in [-0.2, 0) is 14.6 Å². The van der Waals surface area contributed by atoms with Gasteiger partial charge in [0.25, 0.3) is 0 Å². The molecule has 1 N–H and O–H groups in total. The molecule has 0 aromatic heterocycles. The van der Waals surface area contributed by atoms with Gasteiger partial charge < -0.3 is 10.2 Å². The first kappa shape index (κ1) is 18.7. The van der Waals surface area contributed by atoms with E-state index < -0.39 is 9.84 Å². The number of sulfone groups is 1. The summed E-state index contributed by atoms with van der Waals surface area (Å²) >= 11 is 0. The van der Waals surface area contributed by atoms with Crippen LogP contribution in [-0.4, -0.2) is 56.4 Å². The molecule has 1 aliphatic heterocycles. The lowest BCUT2D eigenvalue weighted by Gasteiger charge is -2.34. The number of piperazine rings is 1. The number of amides is 1. The van der Waals surface area contributed by atoms with Gasteiger partial charge in [-0.1, -0.05) is 13.8 Å². The van der Waals surface area contributed by atoms with Crippen molar-refractivity contribution in [1.29, 1.82) is 0 Å². The van der Waals surface area contributed by atoms with Crippen LogP contribution in [0.1, 0.15) is 27.2 Å². The number of rotatable bonds is 5. The molecule has 5 nitrogen and oxygen atoms in total. The minimum atomic E-state index is -3.10. The molecule has 0 unspecified atom stereocenters. The summed E-state index contributed by atoms with van der Waals surface area (Å²) in [6, 6.07) is 0.152. The summed E-state index contributed by atoms with van der Waals surface area (Å²) in [5.41, 5.74) is 0. The lowest BCUT2D eigenvalue weighted by Crippen LogP contribution is -2.52. The quantitative estimate of drug-likeness (QED) is 0.811. The molecule has 19 heavy (non-hydrogen) atoms. The zero-order valence-corrected chi connectivity index (χ0v) is 13.5. The zero-order chi connectivity index (χ0) is 13.8. The molecule has 1 fully saturated rings. The Labute approximate surface area is 122 Å². The van der Waals surface area contributed by atoms with E-state index in [4.69, 9.17) is 0 Å². The second-order valence-electron chi connectivity index (χ2n) is 5.40. The average Bonchev–Trinajstić information content (AvgIpc) is 2.25. The van der Waals surface area contributed by atoms with Crippen molar-refractivity contribution in [2.24, 2.45) is 5.92 Å². The molecule has 114 valence electrons. The highest BCUT2D eigenvalue weighted by Gasteiger charge is 2.24. The summed E-state index contributed by atoms with van der Waals surface area (Å²) in [5, 5.41) is 3.21. The Morgan fingerprint density at radius 2 is 2.05 bits per heavy atom. The minimum absolute atomic E-state index is 0. The highest BCUT2D eigenvalue weighted by atomic mass is 35.5. The fourth-order valence-corrected chi connectivity index (χ4v) is 3.86. The largest absolute Gasteiger partial charge is 0.337 e. The summed E-state index contributed by atoms with van der Waals surface area (Å²) in [6.07, 6.45) is 0.111. The number of hydrogen-bond donors (Lipinski definition) is 1. The first-order valence-electron chi connectivity index (χ1n) is 6.52. The predicted octanol–water partition coefficient (Wildman–Crippen LogP) is 0.689. The Balaban J connectivity index is 0.00000324. The van der Waals surface area contributed by atoms with Crippen LogP contribution in [0.15, 0.2) is 0 Å². The maximum absolute atomic E-state index is 12.0. The second kappa shape index (κ2) is 8.07. The van der Waals surface area contributed by atoms with Gasteiger partial charge in [0.15, 0.2) is 9.84 Å². The van der Waals surface area contributed by atoms with E-state index in [-0.39, 0.29) is 48.2 Å². The van der Waals surface area contributed by atoms with Crippen LogP contribution in [0.2, 0.25) is 0 Å². The fourth-order valence-electron chi connectivity index (χ4n) is 2.19.